The van der Waals surface area contributed by atoms with Crippen LogP contribution in [-0.2, 0) is 17.6 Å². The zero-order valence-corrected chi connectivity index (χ0v) is 20.3. The number of anilines is 1. The van der Waals surface area contributed by atoms with Crippen LogP contribution in [0.25, 0.3) is 10.6 Å². The van der Waals surface area contributed by atoms with E-state index in [9.17, 15) is 18.4 Å². The maximum atomic E-state index is 14.1. The van der Waals surface area contributed by atoms with Crippen molar-refractivity contribution in [1.29, 1.82) is 0 Å². The second kappa shape index (κ2) is 8.57. The molecular formula is C23H23F2N3O3S2. The minimum atomic E-state index is -2.78. The summed E-state index contributed by atoms with van der Waals surface area (Å²) in [7, 11) is 0. The lowest BCUT2D eigenvalue weighted by atomic mass is 9.93. The summed E-state index contributed by atoms with van der Waals surface area (Å²) in [6.07, 6.45) is 1.00. The van der Waals surface area contributed by atoms with Gasteiger partial charge in [-0.15, -0.1) is 22.7 Å². The minimum Gasteiger partial charge on any atom is -0.456 e. The lowest BCUT2D eigenvalue weighted by Crippen LogP contribution is -2.26. The first-order chi connectivity index (χ1) is 15.4. The van der Waals surface area contributed by atoms with Crippen LogP contribution in [0.2, 0.25) is 0 Å². The topological polar surface area (TPSA) is 81.2 Å². The predicted molar refractivity (Wildman–Crippen MR) is 124 cm³/mol. The standard InChI is InChI=1S/C23H23F2N3O3S2/c1-12-11-32-19(27-12)16-13-7-8-23(24,25)10-15(13)33-20(16)28-18(29)17-14(6-5-9-26-17)21(30)31-22(2,3)4/h5-6,9,11H,7-8,10H2,1-4H3,(H,28,29). The number of rotatable bonds is 4. The number of thiophene rings is 1. The normalized spacial score (nSPS) is 15.1. The van der Waals surface area contributed by atoms with Crippen LogP contribution in [0.5, 0.6) is 0 Å². The van der Waals surface area contributed by atoms with Gasteiger partial charge in [-0.05, 0) is 51.8 Å². The number of ether oxygens (including phenoxy) is 1. The van der Waals surface area contributed by atoms with E-state index in [0.717, 1.165) is 22.6 Å². The van der Waals surface area contributed by atoms with E-state index in [0.29, 0.717) is 20.4 Å². The number of fused-ring (bicyclic) bond motifs is 1. The van der Waals surface area contributed by atoms with Gasteiger partial charge in [0.25, 0.3) is 11.8 Å². The largest absolute Gasteiger partial charge is 0.456 e. The third kappa shape index (κ3) is 5.11. The lowest BCUT2D eigenvalue weighted by Gasteiger charge is -2.21. The second-order valence-corrected chi connectivity index (χ2v) is 10.9. The third-order valence-electron chi connectivity index (χ3n) is 4.95. The van der Waals surface area contributed by atoms with Crippen molar-refractivity contribution < 1.29 is 23.1 Å². The van der Waals surface area contributed by atoms with Crippen molar-refractivity contribution in [3.63, 3.8) is 0 Å². The molecule has 0 fully saturated rings. The molecule has 3 heterocycles. The highest BCUT2D eigenvalue weighted by Crippen LogP contribution is 2.48. The molecule has 1 N–H and O–H groups in total. The predicted octanol–water partition coefficient (Wildman–Crippen LogP) is 5.91. The van der Waals surface area contributed by atoms with Gasteiger partial charge >= 0.3 is 5.97 Å². The summed E-state index contributed by atoms with van der Waals surface area (Å²) in [6.45, 7) is 7.05. The molecule has 1 aliphatic carbocycles. The number of esters is 1. The quantitative estimate of drug-likeness (QED) is 0.459. The molecule has 6 nitrogen and oxygen atoms in total. The van der Waals surface area contributed by atoms with Crippen molar-refractivity contribution in [1.82, 2.24) is 9.97 Å². The molecular weight excluding hydrogens is 468 g/mol. The molecule has 0 aliphatic heterocycles. The van der Waals surface area contributed by atoms with Gasteiger partial charge in [-0.1, -0.05) is 0 Å². The average molecular weight is 492 g/mol. The number of hydrogen-bond donors (Lipinski definition) is 1. The van der Waals surface area contributed by atoms with Gasteiger partial charge in [0.15, 0.2) is 0 Å². The maximum Gasteiger partial charge on any atom is 0.341 e. The van der Waals surface area contributed by atoms with E-state index in [1.54, 1.807) is 26.8 Å². The summed E-state index contributed by atoms with van der Waals surface area (Å²) in [5.74, 6) is -4.06. The number of halogens is 2. The van der Waals surface area contributed by atoms with Crippen molar-refractivity contribution >= 4 is 39.6 Å². The molecule has 0 spiro atoms. The first kappa shape index (κ1) is 23.4. The fraction of sp³-hybridized carbons (Fsp3) is 0.391. The molecule has 0 radical (unpaired) electrons. The summed E-state index contributed by atoms with van der Waals surface area (Å²) in [5, 5.41) is 5.78. The number of nitrogens with one attached hydrogen (secondary N) is 1. The van der Waals surface area contributed by atoms with Crippen molar-refractivity contribution in [3.8, 4) is 10.6 Å². The number of hydrogen-bond acceptors (Lipinski definition) is 7. The maximum absolute atomic E-state index is 14.1. The number of amides is 1. The van der Waals surface area contributed by atoms with Gasteiger partial charge in [0, 0.05) is 40.6 Å². The van der Waals surface area contributed by atoms with E-state index >= 15 is 0 Å². The van der Waals surface area contributed by atoms with Crippen LogP contribution in [0.15, 0.2) is 23.7 Å². The SMILES string of the molecule is Cc1csc(-c2c(NC(=O)c3ncccc3C(=O)OC(C)(C)C)sc3c2CCC(F)(F)C3)n1. The summed E-state index contributed by atoms with van der Waals surface area (Å²) in [6, 6.07) is 3.02. The van der Waals surface area contributed by atoms with E-state index in [4.69, 9.17) is 4.74 Å². The number of nitrogens with zero attached hydrogens (tertiary/aromatic N) is 2. The van der Waals surface area contributed by atoms with Crippen LogP contribution >= 0.6 is 22.7 Å². The van der Waals surface area contributed by atoms with Crippen LogP contribution in [0.3, 0.4) is 0 Å². The number of carbonyl (C=O) groups is 2. The summed E-state index contributed by atoms with van der Waals surface area (Å²) in [4.78, 5) is 35.0. The summed E-state index contributed by atoms with van der Waals surface area (Å²) in [5.41, 5.74) is 1.48. The van der Waals surface area contributed by atoms with Gasteiger partial charge in [0.1, 0.15) is 21.3 Å². The molecule has 10 heteroatoms. The first-order valence-electron chi connectivity index (χ1n) is 10.4. The Kier molecular flexibility index (Phi) is 6.09. The van der Waals surface area contributed by atoms with Crippen molar-refractivity contribution in [2.24, 2.45) is 0 Å². The Morgan fingerprint density at radius 3 is 2.70 bits per heavy atom. The van der Waals surface area contributed by atoms with Crippen molar-refractivity contribution in [3.05, 3.63) is 51.1 Å². The van der Waals surface area contributed by atoms with Crippen LogP contribution in [0.4, 0.5) is 13.8 Å². The lowest BCUT2D eigenvalue weighted by molar-refractivity contribution is -0.0111. The molecule has 1 aliphatic rings. The van der Waals surface area contributed by atoms with Gasteiger partial charge in [-0.3, -0.25) is 9.78 Å². The Balaban J connectivity index is 1.71. The number of alkyl halides is 2. The number of aromatic nitrogens is 2. The van der Waals surface area contributed by atoms with Crippen molar-refractivity contribution in [2.75, 3.05) is 5.32 Å². The summed E-state index contributed by atoms with van der Waals surface area (Å²) < 4.78 is 33.6. The Morgan fingerprint density at radius 2 is 2.03 bits per heavy atom. The smallest absolute Gasteiger partial charge is 0.341 e. The van der Waals surface area contributed by atoms with Gasteiger partial charge in [-0.25, -0.2) is 18.6 Å². The first-order valence-corrected chi connectivity index (χ1v) is 12.1. The molecule has 3 aromatic heterocycles. The van der Waals surface area contributed by atoms with Crippen LogP contribution in [0.1, 0.15) is 64.2 Å². The van der Waals surface area contributed by atoms with Crippen LogP contribution in [0, 0.1) is 6.92 Å². The molecule has 0 saturated heterocycles. The molecule has 3 aromatic rings. The number of aryl methyl sites for hydroxylation is 1. The van der Waals surface area contributed by atoms with E-state index in [-0.39, 0.29) is 30.5 Å². The minimum absolute atomic E-state index is 0.0319. The summed E-state index contributed by atoms with van der Waals surface area (Å²) >= 11 is 2.52. The molecule has 1 amide bonds. The fourth-order valence-corrected chi connectivity index (χ4v) is 5.84. The molecule has 174 valence electrons. The van der Waals surface area contributed by atoms with Crippen LogP contribution in [-0.4, -0.2) is 33.4 Å². The Bertz CT molecular complexity index is 1230. The Morgan fingerprint density at radius 1 is 1.27 bits per heavy atom. The Labute approximate surface area is 198 Å². The molecule has 0 saturated carbocycles. The third-order valence-corrected chi connectivity index (χ3v) is 7.08. The molecule has 0 unspecified atom stereocenters. The van der Waals surface area contributed by atoms with Crippen molar-refractivity contribution in [2.45, 2.75) is 58.5 Å². The highest BCUT2D eigenvalue weighted by molar-refractivity contribution is 7.18. The zero-order valence-electron chi connectivity index (χ0n) is 18.6. The van der Waals surface area contributed by atoms with Gasteiger partial charge < -0.3 is 10.1 Å². The van der Waals surface area contributed by atoms with E-state index in [1.165, 1.54) is 23.6 Å². The molecule has 0 aromatic carbocycles. The van der Waals surface area contributed by atoms with Gasteiger partial charge in [-0.2, -0.15) is 0 Å². The Hall–Kier alpha value is -2.72. The van der Waals surface area contributed by atoms with Crippen LogP contribution < -0.4 is 5.32 Å². The fourth-order valence-electron chi connectivity index (χ4n) is 3.58. The van der Waals surface area contributed by atoms with E-state index in [2.05, 4.69) is 15.3 Å². The molecule has 0 bridgehead atoms. The monoisotopic (exact) mass is 491 g/mol. The highest BCUT2D eigenvalue weighted by atomic mass is 32.1. The van der Waals surface area contributed by atoms with E-state index in [1.807, 2.05) is 12.3 Å². The molecule has 33 heavy (non-hydrogen) atoms. The number of thiazole rings is 1. The number of pyridine rings is 1. The number of carbonyl (C=O) groups excluding carboxylic acids is 2. The van der Waals surface area contributed by atoms with Gasteiger partial charge in [0.2, 0.25) is 0 Å². The molecule has 4 rings (SSSR count). The highest BCUT2D eigenvalue weighted by Gasteiger charge is 2.38. The average Bonchev–Trinajstić information content (AvgIpc) is 3.28. The molecule has 0 atom stereocenters. The zero-order chi connectivity index (χ0) is 24.0. The van der Waals surface area contributed by atoms with Gasteiger partial charge in [0.05, 0.1) is 5.56 Å². The van der Waals surface area contributed by atoms with E-state index < -0.39 is 23.4 Å². The second-order valence-electron chi connectivity index (χ2n) is 8.89.